The number of aliphatic hydroxyl groups excluding tert-OH is 1. The molecule has 0 spiro atoms. The average Bonchev–Trinajstić information content (AvgIpc) is 2.65. The number of aliphatic hydroxyl groups is 1. The molecule has 1 amide bonds. The zero-order valence-electron chi connectivity index (χ0n) is 12.6. The molecule has 110 valence electrons. The van der Waals surface area contributed by atoms with Gasteiger partial charge < -0.3 is 14.7 Å². The van der Waals surface area contributed by atoms with Gasteiger partial charge >= 0.3 is 0 Å². The molecule has 0 saturated carbocycles. The lowest BCUT2D eigenvalue weighted by atomic mass is 9.99. The molecule has 1 aliphatic heterocycles. The maximum absolute atomic E-state index is 12.2. The molecule has 20 heavy (non-hydrogen) atoms. The summed E-state index contributed by atoms with van der Waals surface area (Å²) in [5.74, 6) is 0.628. The molecule has 1 fully saturated rings. The first-order valence-electron chi connectivity index (χ1n) is 7.01. The Labute approximate surface area is 120 Å². The normalized spacial score (nSPS) is 21.1. The monoisotopic (exact) mass is 277 g/mol. The van der Waals surface area contributed by atoms with Crippen molar-refractivity contribution in [2.45, 2.75) is 45.8 Å². The van der Waals surface area contributed by atoms with Crippen LogP contribution in [0.1, 0.15) is 31.4 Å². The van der Waals surface area contributed by atoms with Crippen LogP contribution in [0.25, 0.3) is 0 Å². The number of nitrogens with zero attached hydrogens (tertiary/aromatic N) is 1. The van der Waals surface area contributed by atoms with Gasteiger partial charge in [0.25, 0.3) is 5.91 Å². The molecule has 0 radical (unpaired) electrons. The van der Waals surface area contributed by atoms with Crippen LogP contribution >= 0.6 is 0 Å². The number of benzene rings is 1. The molecule has 1 aliphatic rings. The minimum Gasteiger partial charge on any atom is -0.484 e. The highest BCUT2D eigenvalue weighted by atomic mass is 16.5. The van der Waals surface area contributed by atoms with Crippen LogP contribution < -0.4 is 4.74 Å². The first-order valence-corrected chi connectivity index (χ1v) is 7.01. The first-order chi connectivity index (χ1) is 9.32. The first kappa shape index (κ1) is 14.9. The summed E-state index contributed by atoms with van der Waals surface area (Å²) < 4.78 is 5.57. The lowest BCUT2D eigenvalue weighted by Gasteiger charge is -2.33. The summed E-state index contributed by atoms with van der Waals surface area (Å²) >= 11 is 0. The number of ether oxygens (including phenoxy) is 1. The Morgan fingerprint density at radius 3 is 2.65 bits per heavy atom. The maximum atomic E-state index is 12.2. The Kier molecular flexibility index (Phi) is 4.04. The molecule has 0 bridgehead atoms. The molecule has 1 unspecified atom stereocenters. The van der Waals surface area contributed by atoms with Crippen LogP contribution in [-0.2, 0) is 4.79 Å². The van der Waals surface area contributed by atoms with E-state index in [1.165, 1.54) is 5.56 Å². The number of likely N-dealkylation sites (tertiary alicyclic amines) is 1. The van der Waals surface area contributed by atoms with Gasteiger partial charge in [-0.3, -0.25) is 4.79 Å². The van der Waals surface area contributed by atoms with Gasteiger partial charge in [-0.15, -0.1) is 0 Å². The molecule has 1 aromatic rings. The second-order valence-electron chi connectivity index (χ2n) is 6.04. The standard InChI is InChI=1S/C16H23NO3/c1-11-5-6-13(9-12(11)2)20-10-15(19)17-8-7-14(18)16(17,3)4/h5-6,9,14,18H,7-8,10H2,1-4H3. The van der Waals surface area contributed by atoms with Crippen molar-refractivity contribution in [2.24, 2.45) is 0 Å². The van der Waals surface area contributed by atoms with Gasteiger partial charge in [0.15, 0.2) is 6.61 Å². The summed E-state index contributed by atoms with van der Waals surface area (Å²) in [6.07, 6.45) is 0.163. The number of hydrogen-bond acceptors (Lipinski definition) is 3. The zero-order valence-corrected chi connectivity index (χ0v) is 12.6. The minimum absolute atomic E-state index is 0.0126. The summed E-state index contributed by atoms with van der Waals surface area (Å²) in [6, 6.07) is 5.80. The quantitative estimate of drug-likeness (QED) is 0.920. The minimum atomic E-state index is -0.510. The van der Waals surface area contributed by atoms with E-state index in [1.54, 1.807) is 4.90 Å². The Bertz CT molecular complexity index is 510. The summed E-state index contributed by atoms with van der Waals surface area (Å²) in [5.41, 5.74) is 1.84. The van der Waals surface area contributed by atoms with Crippen LogP contribution in [0.2, 0.25) is 0 Å². The van der Waals surface area contributed by atoms with Gasteiger partial charge in [-0.1, -0.05) is 6.07 Å². The maximum Gasteiger partial charge on any atom is 0.261 e. The lowest BCUT2D eigenvalue weighted by Crippen LogP contribution is -2.49. The molecule has 0 aliphatic carbocycles. The van der Waals surface area contributed by atoms with Gasteiger partial charge in [0.2, 0.25) is 0 Å². The summed E-state index contributed by atoms with van der Waals surface area (Å²) in [6.45, 7) is 8.43. The van der Waals surface area contributed by atoms with Crippen molar-refractivity contribution in [3.63, 3.8) is 0 Å². The number of carbonyl (C=O) groups is 1. The Morgan fingerprint density at radius 1 is 1.40 bits per heavy atom. The van der Waals surface area contributed by atoms with Crippen LogP contribution in [0, 0.1) is 13.8 Å². The largest absolute Gasteiger partial charge is 0.484 e. The molecule has 2 rings (SSSR count). The smallest absolute Gasteiger partial charge is 0.261 e. The Hall–Kier alpha value is -1.55. The highest BCUT2D eigenvalue weighted by Gasteiger charge is 2.42. The SMILES string of the molecule is Cc1ccc(OCC(=O)N2CCC(O)C2(C)C)cc1C. The molecular weight excluding hydrogens is 254 g/mol. The van der Waals surface area contributed by atoms with Crippen LogP contribution in [0.4, 0.5) is 0 Å². The van der Waals surface area contributed by atoms with Crippen molar-refractivity contribution >= 4 is 5.91 Å². The van der Waals surface area contributed by atoms with Crippen molar-refractivity contribution in [1.82, 2.24) is 4.90 Å². The molecule has 1 N–H and O–H groups in total. The van der Waals surface area contributed by atoms with Gasteiger partial charge in [-0.25, -0.2) is 0 Å². The Morgan fingerprint density at radius 2 is 2.10 bits per heavy atom. The molecule has 4 nitrogen and oxygen atoms in total. The molecule has 1 atom stereocenters. The van der Waals surface area contributed by atoms with Gasteiger partial charge in [-0.05, 0) is 57.4 Å². The van der Waals surface area contributed by atoms with Crippen molar-refractivity contribution in [1.29, 1.82) is 0 Å². The molecule has 0 aromatic heterocycles. The van der Waals surface area contributed by atoms with E-state index in [0.717, 1.165) is 5.56 Å². The fourth-order valence-corrected chi connectivity index (χ4v) is 2.55. The fraction of sp³-hybridized carbons (Fsp3) is 0.562. The van der Waals surface area contributed by atoms with Crippen molar-refractivity contribution in [2.75, 3.05) is 13.2 Å². The van der Waals surface area contributed by atoms with Crippen LogP contribution in [0.5, 0.6) is 5.75 Å². The predicted octanol–water partition coefficient (Wildman–Crippen LogP) is 2.05. The van der Waals surface area contributed by atoms with E-state index in [4.69, 9.17) is 4.74 Å². The zero-order chi connectivity index (χ0) is 14.9. The third kappa shape index (κ3) is 2.80. The molecule has 1 saturated heterocycles. The third-order valence-electron chi connectivity index (χ3n) is 4.28. The summed E-state index contributed by atoms with van der Waals surface area (Å²) in [5, 5.41) is 9.89. The third-order valence-corrected chi connectivity index (χ3v) is 4.28. The molecular formula is C16H23NO3. The van der Waals surface area contributed by atoms with E-state index in [9.17, 15) is 9.90 Å². The second-order valence-corrected chi connectivity index (χ2v) is 6.04. The molecule has 4 heteroatoms. The van der Waals surface area contributed by atoms with E-state index in [0.29, 0.717) is 18.7 Å². The number of rotatable bonds is 3. The number of aryl methyl sites for hydroxylation is 2. The number of hydrogen-bond donors (Lipinski definition) is 1. The van der Waals surface area contributed by atoms with Crippen molar-refractivity contribution in [3.8, 4) is 5.75 Å². The van der Waals surface area contributed by atoms with E-state index in [-0.39, 0.29) is 12.5 Å². The molecule has 1 heterocycles. The second kappa shape index (κ2) is 5.44. The fourth-order valence-electron chi connectivity index (χ4n) is 2.55. The summed E-state index contributed by atoms with van der Waals surface area (Å²) in [4.78, 5) is 13.9. The van der Waals surface area contributed by atoms with Crippen LogP contribution in [0.15, 0.2) is 18.2 Å². The predicted molar refractivity (Wildman–Crippen MR) is 77.8 cm³/mol. The van der Waals surface area contributed by atoms with Crippen LogP contribution in [-0.4, -0.2) is 40.7 Å². The van der Waals surface area contributed by atoms with Gasteiger partial charge in [-0.2, -0.15) is 0 Å². The van der Waals surface area contributed by atoms with E-state index in [2.05, 4.69) is 0 Å². The lowest BCUT2D eigenvalue weighted by molar-refractivity contribution is -0.138. The van der Waals surface area contributed by atoms with Crippen molar-refractivity contribution in [3.05, 3.63) is 29.3 Å². The average molecular weight is 277 g/mol. The number of carbonyl (C=O) groups excluding carboxylic acids is 1. The highest BCUT2D eigenvalue weighted by Crippen LogP contribution is 2.29. The highest BCUT2D eigenvalue weighted by molar-refractivity contribution is 5.79. The van der Waals surface area contributed by atoms with Crippen LogP contribution in [0.3, 0.4) is 0 Å². The van der Waals surface area contributed by atoms with E-state index >= 15 is 0 Å². The van der Waals surface area contributed by atoms with Gasteiger partial charge in [0, 0.05) is 6.54 Å². The van der Waals surface area contributed by atoms with E-state index in [1.807, 2.05) is 45.9 Å². The molecule has 1 aromatic carbocycles. The van der Waals surface area contributed by atoms with Crippen molar-refractivity contribution < 1.29 is 14.6 Å². The Balaban J connectivity index is 1.97. The topological polar surface area (TPSA) is 49.8 Å². The summed E-state index contributed by atoms with van der Waals surface area (Å²) in [7, 11) is 0. The van der Waals surface area contributed by atoms with E-state index < -0.39 is 11.6 Å². The van der Waals surface area contributed by atoms with Gasteiger partial charge in [0.1, 0.15) is 5.75 Å². The van der Waals surface area contributed by atoms with Gasteiger partial charge in [0.05, 0.1) is 11.6 Å². The number of amides is 1.